The number of likely N-dealkylation sites (N-methyl/N-ethyl adjacent to an activating group) is 1. The lowest BCUT2D eigenvalue weighted by molar-refractivity contribution is 0.0392. The number of halogens is 1. The van der Waals surface area contributed by atoms with Crippen LogP contribution in [0.5, 0.6) is 5.75 Å². The maximum Gasteiger partial charge on any atom is 0.191 e. The van der Waals surface area contributed by atoms with E-state index in [0.717, 1.165) is 75.3 Å². The fourth-order valence-electron chi connectivity index (χ4n) is 3.58. The zero-order chi connectivity index (χ0) is 21.6. The van der Waals surface area contributed by atoms with E-state index in [-0.39, 0.29) is 24.0 Å². The van der Waals surface area contributed by atoms with E-state index in [1.54, 1.807) is 0 Å². The van der Waals surface area contributed by atoms with E-state index in [1.165, 1.54) is 6.42 Å². The van der Waals surface area contributed by atoms with E-state index in [9.17, 15) is 0 Å². The monoisotopic (exact) mass is 546 g/mol. The Bertz CT molecular complexity index is 621. The molecule has 0 saturated carbocycles. The highest BCUT2D eigenvalue weighted by atomic mass is 127. The molecule has 0 amide bonds. The van der Waals surface area contributed by atoms with Crippen LogP contribution in [0.2, 0.25) is 0 Å². The molecular weight excluding hydrogens is 503 g/mol. The van der Waals surface area contributed by atoms with Crippen LogP contribution in [0.1, 0.15) is 52.0 Å². The SMILES string of the molecule is CCNC(=NCc1cccc(OCCN(C)C2CCOCC2)c1)NCCCC(C)C.I. The molecule has 1 aromatic rings. The minimum Gasteiger partial charge on any atom is -0.492 e. The van der Waals surface area contributed by atoms with Crippen molar-refractivity contribution < 1.29 is 9.47 Å². The smallest absolute Gasteiger partial charge is 0.191 e. The summed E-state index contributed by atoms with van der Waals surface area (Å²) in [4.78, 5) is 7.12. The minimum atomic E-state index is 0. The lowest BCUT2D eigenvalue weighted by Gasteiger charge is -2.31. The molecule has 0 aromatic heterocycles. The van der Waals surface area contributed by atoms with Crippen LogP contribution in [0.15, 0.2) is 29.3 Å². The Morgan fingerprint density at radius 1 is 1.26 bits per heavy atom. The van der Waals surface area contributed by atoms with Crippen molar-refractivity contribution in [3.63, 3.8) is 0 Å². The van der Waals surface area contributed by atoms with Crippen molar-refractivity contribution in [1.82, 2.24) is 15.5 Å². The topological polar surface area (TPSA) is 58.1 Å². The van der Waals surface area contributed by atoms with E-state index in [2.05, 4.69) is 55.5 Å². The van der Waals surface area contributed by atoms with Gasteiger partial charge in [0.05, 0.1) is 6.54 Å². The zero-order valence-corrected chi connectivity index (χ0v) is 22.2. The van der Waals surface area contributed by atoms with Gasteiger partial charge in [-0.25, -0.2) is 4.99 Å². The van der Waals surface area contributed by atoms with Crippen molar-refractivity contribution in [3.05, 3.63) is 29.8 Å². The average molecular weight is 547 g/mol. The van der Waals surface area contributed by atoms with Gasteiger partial charge < -0.3 is 20.1 Å². The number of guanidine groups is 1. The van der Waals surface area contributed by atoms with Crippen LogP contribution in [0, 0.1) is 5.92 Å². The van der Waals surface area contributed by atoms with Gasteiger partial charge in [-0.05, 0) is 63.3 Å². The predicted molar refractivity (Wildman–Crippen MR) is 141 cm³/mol. The number of hydrogen-bond donors (Lipinski definition) is 2. The fourth-order valence-corrected chi connectivity index (χ4v) is 3.58. The first-order valence-corrected chi connectivity index (χ1v) is 11.6. The summed E-state index contributed by atoms with van der Waals surface area (Å²) in [5.74, 6) is 2.54. The maximum absolute atomic E-state index is 6.01. The molecule has 2 rings (SSSR count). The molecule has 0 bridgehead atoms. The highest BCUT2D eigenvalue weighted by molar-refractivity contribution is 14.0. The summed E-state index contributed by atoms with van der Waals surface area (Å²) in [7, 11) is 2.18. The normalized spacial score (nSPS) is 15.1. The van der Waals surface area contributed by atoms with Gasteiger partial charge in [0.1, 0.15) is 12.4 Å². The van der Waals surface area contributed by atoms with Crippen LogP contribution in [0.3, 0.4) is 0 Å². The summed E-state index contributed by atoms with van der Waals surface area (Å²) in [6.07, 6.45) is 4.62. The number of nitrogens with one attached hydrogen (secondary N) is 2. The Hall–Kier alpha value is -1.06. The first-order valence-electron chi connectivity index (χ1n) is 11.6. The van der Waals surface area contributed by atoms with Gasteiger partial charge in [-0.1, -0.05) is 26.0 Å². The lowest BCUT2D eigenvalue weighted by Crippen LogP contribution is -2.38. The molecule has 0 atom stereocenters. The zero-order valence-electron chi connectivity index (χ0n) is 19.9. The van der Waals surface area contributed by atoms with Gasteiger partial charge in [0, 0.05) is 38.9 Å². The molecule has 1 aromatic carbocycles. The van der Waals surface area contributed by atoms with Gasteiger partial charge in [0.15, 0.2) is 5.96 Å². The predicted octanol–water partition coefficient (Wildman–Crippen LogP) is 4.29. The Balaban J connectivity index is 0.00000480. The van der Waals surface area contributed by atoms with Crippen molar-refractivity contribution in [3.8, 4) is 5.75 Å². The Kier molecular flexibility index (Phi) is 14.9. The molecule has 0 radical (unpaired) electrons. The molecule has 6 nitrogen and oxygen atoms in total. The van der Waals surface area contributed by atoms with E-state index < -0.39 is 0 Å². The van der Waals surface area contributed by atoms with Gasteiger partial charge in [-0.2, -0.15) is 0 Å². The van der Waals surface area contributed by atoms with Gasteiger partial charge in [0.25, 0.3) is 0 Å². The Labute approximate surface area is 206 Å². The molecule has 0 aliphatic carbocycles. The molecular formula is C24H43IN4O2. The third-order valence-electron chi connectivity index (χ3n) is 5.44. The van der Waals surface area contributed by atoms with Crippen molar-refractivity contribution in [1.29, 1.82) is 0 Å². The maximum atomic E-state index is 6.01. The Morgan fingerprint density at radius 3 is 2.74 bits per heavy atom. The second kappa shape index (κ2) is 16.6. The molecule has 1 saturated heterocycles. The number of hydrogen-bond acceptors (Lipinski definition) is 4. The minimum absolute atomic E-state index is 0. The quantitative estimate of drug-likeness (QED) is 0.177. The van der Waals surface area contributed by atoms with E-state index >= 15 is 0 Å². The molecule has 178 valence electrons. The standard InChI is InChI=1S/C24H42N4O2.HI/c1-5-25-24(26-13-7-8-20(2)3)27-19-21-9-6-10-23(18-21)30-17-14-28(4)22-11-15-29-16-12-22;/h6,9-10,18,20,22H,5,7-8,11-17,19H2,1-4H3,(H2,25,26,27);1H. The third-order valence-corrected chi connectivity index (χ3v) is 5.44. The van der Waals surface area contributed by atoms with Crippen LogP contribution in [0.4, 0.5) is 0 Å². The molecule has 31 heavy (non-hydrogen) atoms. The van der Waals surface area contributed by atoms with E-state index in [1.807, 2.05) is 12.1 Å². The second-order valence-corrected chi connectivity index (χ2v) is 8.48. The Morgan fingerprint density at radius 2 is 2.03 bits per heavy atom. The number of nitrogens with zero attached hydrogens (tertiary/aromatic N) is 2. The molecule has 1 fully saturated rings. The molecule has 0 spiro atoms. The first-order chi connectivity index (χ1) is 14.6. The van der Waals surface area contributed by atoms with Crippen molar-refractivity contribution in [2.24, 2.45) is 10.9 Å². The first kappa shape index (κ1) is 28.0. The van der Waals surface area contributed by atoms with Gasteiger partial charge in [0.2, 0.25) is 0 Å². The molecule has 2 N–H and O–H groups in total. The van der Waals surface area contributed by atoms with Gasteiger partial charge in [-0.3, -0.25) is 4.90 Å². The number of rotatable bonds is 12. The molecule has 1 aliphatic heterocycles. The molecule has 0 unspecified atom stereocenters. The lowest BCUT2D eigenvalue weighted by atomic mass is 10.1. The van der Waals surface area contributed by atoms with Crippen LogP contribution in [-0.4, -0.2) is 63.4 Å². The molecule has 1 heterocycles. The summed E-state index contributed by atoms with van der Waals surface area (Å²) in [6.45, 7) is 12.4. The number of ether oxygens (including phenoxy) is 2. The van der Waals surface area contributed by atoms with Crippen molar-refractivity contribution >= 4 is 29.9 Å². The van der Waals surface area contributed by atoms with Gasteiger partial charge >= 0.3 is 0 Å². The highest BCUT2D eigenvalue weighted by Gasteiger charge is 2.17. The summed E-state index contributed by atoms with van der Waals surface area (Å²) < 4.78 is 11.5. The highest BCUT2D eigenvalue weighted by Crippen LogP contribution is 2.15. The van der Waals surface area contributed by atoms with Crippen LogP contribution >= 0.6 is 24.0 Å². The summed E-state index contributed by atoms with van der Waals surface area (Å²) in [6, 6.07) is 8.88. The third kappa shape index (κ3) is 11.9. The largest absolute Gasteiger partial charge is 0.492 e. The average Bonchev–Trinajstić information content (AvgIpc) is 2.75. The summed E-state index contributed by atoms with van der Waals surface area (Å²) >= 11 is 0. The number of aliphatic imine (C=N–C) groups is 1. The van der Waals surface area contributed by atoms with Crippen LogP contribution in [-0.2, 0) is 11.3 Å². The second-order valence-electron chi connectivity index (χ2n) is 8.48. The number of benzene rings is 1. The summed E-state index contributed by atoms with van der Waals surface area (Å²) in [5.41, 5.74) is 1.16. The van der Waals surface area contributed by atoms with E-state index in [0.29, 0.717) is 19.2 Å². The van der Waals surface area contributed by atoms with Crippen molar-refractivity contribution in [2.75, 3.05) is 46.5 Å². The van der Waals surface area contributed by atoms with Crippen LogP contribution in [0.25, 0.3) is 0 Å². The van der Waals surface area contributed by atoms with Crippen molar-refractivity contribution in [2.45, 2.75) is 59.0 Å². The molecule has 1 aliphatic rings. The van der Waals surface area contributed by atoms with E-state index in [4.69, 9.17) is 14.5 Å². The van der Waals surface area contributed by atoms with Crippen LogP contribution < -0.4 is 15.4 Å². The van der Waals surface area contributed by atoms with Gasteiger partial charge in [-0.15, -0.1) is 24.0 Å². The fraction of sp³-hybridized carbons (Fsp3) is 0.708. The molecule has 7 heteroatoms. The summed E-state index contributed by atoms with van der Waals surface area (Å²) in [5, 5.41) is 6.76.